The molecule has 3 nitrogen and oxygen atoms in total. The molecule has 1 N–H and O–H groups in total. The molecule has 1 aromatic heterocycles. The van der Waals surface area contributed by atoms with Crippen LogP contribution in [0.4, 0.5) is 0 Å². The van der Waals surface area contributed by atoms with Gasteiger partial charge in [0.2, 0.25) is 0 Å². The van der Waals surface area contributed by atoms with E-state index in [2.05, 4.69) is 5.16 Å². The van der Waals surface area contributed by atoms with Gasteiger partial charge in [0.05, 0.1) is 5.02 Å². The predicted octanol–water partition coefficient (Wildman–Crippen LogP) is 4.70. The first-order valence-corrected chi connectivity index (χ1v) is 6.61. The van der Waals surface area contributed by atoms with Crippen molar-refractivity contribution >= 4 is 34.2 Å². The molecule has 0 aliphatic heterocycles. The molecule has 3 rings (SSSR count). The van der Waals surface area contributed by atoms with Crippen LogP contribution in [-0.4, -0.2) is 5.21 Å². The quantitative estimate of drug-likeness (QED) is 0.523. The number of halogens is 2. The van der Waals surface area contributed by atoms with Gasteiger partial charge >= 0.3 is 0 Å². The van der Waals surface area contributed by atoms with Crippen molar-refractivity contribution in [2.75, 3.05) is 0 Å². The average molecular weight is 306 g/mol. The van der Waals surface area contributed by atoms with E-state index in [4.69, 9.17) is 27.6 Å². The third-order valence-corrected chi connectivity index (χ3v) is 3.43. The van der Waals surface area contributed by atoms with Gasteiger partial charge in [-0.15, -0.1) is 0 Å². The van der Waals surface area contributed by atoms with Crippen LogP contribution in [0.3, 0.4) is 0 Å². The second kappa shape index (κ2) is 5.19. The topological polar surface area (TPSA) is 45.7 Å². The summed E-state index contributed by atoms with van der Waals surface area (Å²) in [4.78, 5) is 0. The molecule has 5 heteroatoms. The standard InChI is InChI=1S/C15H9Cl2NO2/c16-10-6-11-13(18-19)8-14(9-4-2-1-3-5-9)20-15(11)12(17)7-10/h1-8,19H/b18-13-. The van der Waals surface area contributed by atoms with Gasteiger partial charge in [-0.2, -0.15) is 0 Å². The minimum Gasteiger partial charge on any atom is -0.454 e. The number of fused-ring (bicyclic) bond motifs is 1. The maximum atomic E-state index is 9.19. The molecule has 0 atom stereocenters. The van der Waals surface area contributed by atoms with Crippen molar-refractivity contribution in [3.8, 4) is 11.3 Å². The maximum absolute atomic E-state index is 9.19. The lowest BCUT2D eigenvalue weighted by Gasteiger charge is -2.06. The summed E-state index contributed by atoms with van der Waals surface area (Å²) in [7, 11) is 0. The van der Waals surface area contributed by atoms with E-state index in [1.807, 2.05) is 30.3 Å². The van der Waals surface area contributed by atoms with Gasteiger partial charge in [0.1, 0.15) is 11.1 Å². The fraction of sp³-hybridized carbons (Fsp3) is 0. The van der Waals surface area contributed by atoms with Crippen molar-refractivity contribution in [2.45, 2.75) is 0 Å². The Morgan fingerprint density at radius 3 is 2.45 bits per heavy atom. The molecule has 0 aliphatic rings. The zero-order valence-electron chi connectivity index (χ0n) is 10.2. The van der Waals surface area contributed by atoms with Gasteiger partial charge in [0.25, 0.3) is 0 Å². The summed E-state index contributed by atoms with van der Waals surface area (Å²) in [6, 6.07) is 14.4. The van der Waals surface area contributed by atoms with Crippen LogP contribution in [0.5, 0.6) is 0 Å². The highest BCUT2D eigenvalue weighted by Gasteiger charge is 2.10. The summed E-state index contributed by atoms with van der Waals surface area (Å²) in [5.41, 5.74) is 1.30. The normalized spacial score (nSPS) is 12.0. The third-order valence-electron chi connectivity index (χ3n) is 2.93. The molecule has 20 heavy (non-hydrogen) atoms. The predicted molar refractivity (Wildman–Crippen MR) is 79.0 cm³/mol. The van der Waals surface area contributed by atoms with E-state index >= 15 is 0 Å². The van der Waals surface area contributed by atoms with E-state index in [-0.39, 0.29) is 0 Å². The Hall–Kier alpha value is -1.97. The average Bonchev–Trinajstić information content (AvgIpc) is 2.47. The van der Waals surface area contributed by atoms with Crippen LogP contribution in [0.25, 0.3) is 22.3 Å². The van der Waals surface area contributed by atoms with E-state index in [1.54, 1.807) is 18.2 Å². The lowest BCUT2D eigenvalue weighted by molar-refractivity contribution is 0.302. The Balaban J connectivity index is 2.39. The van der Waals surface area contributed by atoms with Crippen molar-refractivity contribution in [2.24, 2.45) is 5.16 Å². The third kappa shape index (κ3) is 2.26. The van der Waals surface area contributed by atoms with Gasteiger partial charge in [-0.1, -0.05) is 58.7 Å². The molecule has 0 amide bonds. The first-order valence-electron chi connectivity index (χ1n) is 5.85. The van der Waals surface area contributed by atoms with Crippen LogP contribution in [0.15, 0.2) is 58.1 Å². The Morgan fingerprint density at radius 1 is 1.00 bits per heavy atom. The highest BCUT2D eigenvalue weighted by atomic mass is 35.5. The SMILES string of the molecule is O/N=c1/cc(-c2ccccc2)oc2c(Cl)cc(Cl)cc12. The fourth-order valence-corrected chi connectivity index (χ4v) is 2.56. The summed E-state index contributed by atoms with van der Waals surface area (Å²) < 4.78 is 5.81. The molecule has 3 aromatic rings. The molecule has 0 saturated heterocycles. The Bertz CT molecular complexity index is 842. The van der Waals surface area contributed by atoms with E-state index in [0.29, 0.717) is 32.1 Å². The van der Waals surface area contributed by atoms with Crippen LogP contribution < -0.4 is 5.36 Å². The highest BCUT2D eigenvalue weighted by Crippen LogP contribution is 2.29. The lowest BCUT2D eigenvalue weighted by atomic mass is 10.1. The van der Waals surface area contributed by atoms with E-state index in [0.717, 1.165) is 5.56 Å². The molecule has 1 heterocycles. The zero-order chi connectivity index (χ0) is 14.1. The van der Waals surface area contributed by atoms with Gasteiger partial charge < -0.3 is 9.62 Å². The van der Waals surface area contributed by atoms with E-state index < -0.39 is 0 Å². The van der Waals surface area contributed by atoms with Gasteiger partial charge in [0.15, 0.2) is 5.58 Å². The Labute approximate surface area is 124 Å². The van der Waals surface area contributed by atoms with Crippen LogP contribution in [-0.2, 0) is 0 Å². The summed E-state index contributed by atoms with van der Waals surface area (Å²) >= 11 is 12.1. The largest absolute Gasteiger partial charge is 0.454 e. The number of rotatable bonds is 1. The van der Waals surface area contributed by atoms with Gasteiger partial charge in [-0.3, -0.25) is 0 Å². The van der Waals surface area contributed by atoms with E-state index in [9.17, 15) is 5.21 Å². The van der Waals surface area contributed by atoms with Crippen molar-refractivity contribution in [3.05, 3.63) is 63.9 Å². The molecule has 0 saturated carbocycles. The minimum atomic E-state index is 0.356. The van der Waals surface area contributed by atoms with Gasteiger partial charge in [-0.25, -0.2) is 0 Å². The zero-order valence-corrected chi connectivity index (χ0v) is 11.7. The summed E-state index contributed by atoms with van der Waals surface area (Å²) in [6.45, 7) is 0. The molecule has 0 fully saturated rings. The fourth-order valence-electron chi connectivity index (χ4n) is 2.02. The summed E-state index contributed by atoms with van der Waals surface area (Å²) in [6.07, 6.45) is 0. The minimum absolute atomic E-state index is 0.356. The Kier molecular flexibility index (Phi) is 3.38. The molecule has 2 aromatic carbocycles. The van der Waals surface area contributed by atoms with Crippen molar-refractivity contribution in [1.29, 1.82) is 0 Å². The van der Waals surface area contributed by atoms with Crippen LogP contribution in [0, 0.1) is 0 Å². The van der Waals surface area contributed by atoms with Crippen molar-refractivity contribution < 1.29 is 9.62 Å². The molecule has 0 spiro atoms. The second-order valence-electron chi connectivity index (χ2n) is 4.23. The number of nitrogens with zero attached hydrogens (tertiary/aromatic N) is 1. The van der Waals surface area contributed by atoms with Crippen molar-refractivity contribution in [1.82, 2.24) is 0 Å². The highest BCUT2D eigenvalue weighted by molar-refractivity contribution is 6.38. The first kappa shape index (κ1) is 13.0. The summed E-state index contributed by atoms with van der Waals surface area (Å²) in [5, 5.41) is 14.2. The Morgan fingerprint density at radius 2 is 1.75 bits per heavy atom. The summed E-state index contributed by atoms with van der Waals surface area (Å²) in [5.74, 6) is 0.565. The van der Waals surface area contributed by atoms with Crippen LogP contribution in [0.1, 0.15) is 0 Å². The van der Waals surface area contributed by atoms with E-state index in [1.165, 1.54) is 0 Å². The maximum Gasteiger partial charge on any atom is 0.155 e. The monoisotopic (exact) mass is 305 g/mol. The number of hydrogen-bond donors (Lipinski definition) is 1. The molecule has 0 unspecified atom stereocenters. The molecular formula is C15H9Cl2NO2. The number of hydrogen-bond acceptors (Lipinski definition) is 3. The van der Waals surface area contributed by atoms with Crippen molar-refractivity contribution in [3.63, 3.8) is 0 Å². The molecule has 100 valence electrons. The number of benzene rings is 2. The molecule has 0 aliphatic carbocycles. The van der Waals surface area contributed by atoms with Crippen LogP contribution >= 0.6 is 23.2 Å². The molecule has 0 radical (unpaired) electrons. The first-order chi connectivity index (χ1) is 9.69. The van der Waals surface area contributed by atoms with Gasteiger partial charge in [-0.05, 0) is 12.1 Å². The lowest BCUT2D eigenvalue weighted by Crippen LogP contribution is -2.03. The van der Waals surface area contributed by atoms with Gasteiger partial charge in [0, 0.05) is 22.0 Å². The molecule has 0 bridgehead atoms. The molecular weight excluding hydrogens is 297 g/mol. The second-order valence-corrected chi connectivity index (χ2v) is 5.07. The van der Waals surface area contributed by atoms with Crippen LogP contribution in [0.2, 0.25) is 10.0 Å². The smallest absolute Gasteiger partial charge is 0.155 e.